The molecule has 1 aromatic rings. The average molecular weight is 347 g/mol. The second-order valence-electron chi connectivity index (χ2n) is 6.34. The van der Waals surface area contributed by atoms with Crippen LogP contribution in [0.4, 0.5) is 18.0 Å². The molecule has 0 heterocycles. The van der Waals surface area contributed by atoms with E-state index in [1.807, 2.05) is 0 Å². The van der Waals surface area contributed by atoms with Gasteiger partial charge < -0.3 is 15.2 Å². The monoisotopic (exact) mass is 347 g/mol. The van der Waals surface area contributed by atoms with Crippen molar-refractivity contribution in [3.05, 3.63) is 35.4 Å². The summed E-state index contributed by atoms with van der Waals surface area (Å²) >= 11 is 0. The Bertz CT molecular complexity index is 576. The molecule has 24 heavy (non-hydrogen) atoms. The summed E-state index contributed by atoms with van der Waals surface area (Å²) in [5, 5.41) is 11.4. The molecule has 1 aromatic carbocycles. The number of aliphatic carboxylic acids is 1. The molecule has 1 rings (SSSR count). The summed E-state index contributed by atoms with van der Waals surface area (Å²) in [6, 6.07) is 3.55. The van der Waals surface area contributed by atoms with E-state index in [0.717, 1.165) is 12.1 Å². The van der Waals surface area contributed by atoms with Gasteiger partial charge in [0.1, 0.15) is 5.60 Å². The van der Waals surface area contributed by atoms with Crippen LogP contribution >= 0.6 is 0 Å². The Hall–Kier alpha value is -2.25. The normalized spacial score (nSPS) is 13.2. The Morgan fingerprint density at radius 2 is 1.71 bits per heavy atom. The number of alkyl carbamates (subject to hydrolysis) is 1. The largest absolute Gasteiger partial charge is 0.481 e. The summed E-state index contributed by atoms with van der Waals surface area (Å²) in [5.74, 6) is -1.14. The number of carboxylic acid groups (broad SMARTS) is 1. The number of carboxylic acids is 1. The second kappa shape index (κ2) is 7.55. The van der Waals surface area contributed by atoms with Gasteiger partial charge in [0.2, 0.25) is 0 Å². The number of carbonyl (C=O) groups is 2. The topological polar surface area (TPSA) is 75.6 Å². The molecule has 0 saturated heterocycles. The standard InChI is InChI=1S/C16H20F3NO4/c1-15(2,3)24-14(23)20-12(9-13(21)22)8-10-4-6-11(7-5-10)16(17,18)19/h4-7,12H,8-9H2,1-3H3,(H,20,23)(H,21,22)/t12-/m0/s1. The van der Waals surface area contributed by atoms with E-state index in [1.165, 1.54) is 12.1 Å². The van der Waals surface area contributed by atoms with Crippen molar-refractivity contribution >= 4 is 12.1 Å². The summed E-state index contributed by atoms with van der Waals surface area (Å²) in [5.41, 5.74) is -1.06. The van der Waals surface area contributed by atoms with Gasteiger partial charge in [0.15, 0.2) is 0 Å². The van der Waals surface area contributed by atoms with Gasteiger partial charge in [-0.15, -0.1) is 0 Å². The molecular weight excluding hydrogens is 327 g/mol. The molecule has 1 amide bonds. The maximum Gasteiger partial charge on any atom is 0.416 e. The number of amides is 1. The van der Waals surface area contributed by atoms with E-state index in [4.69, 9.17) is 9.84 Å². The second-order valence-corrected chi connectivity index (χ2v) is 6.34. The molecule has 0 fully saturated rings. The van der Waals surface area contributed by atoms with Crippen molar-refractivity contribution in [2.75, 3.05) is 0 Å². The van der Waals surface area contributed by atoms with Crippen LogP contribution in [0.5, 0.6) is 0 Å². The Labute approximate surface area is 137 Å². The number of hydrogen-bond donors (Lipinski definition) is 2. The summed E-state index contributed by atoms with van der Waals surface area (Å²) in [7, 11) is 0. The molecule has 0 bridgehead atoms. The quantitative estimate of drug-likeness (QED) is 0.853. The van der Waals surface area contributed by atoms with Gasteiger partial charge in [0.25, 0.3) is 0 Å². The maximum absolute atomic E-state index is 12.5. The van der Waals surface area contributed by atoms with Crippen molar-refractivity contribution in [2.24, 2.45) is 0 Å². The van der Waals surface area contributed by atoms with Crippen LogP contribution in [0.3, 0.4) is 0 Å². The number of halogens is 3. The molecule has 0 aliphatic rings. The first-order valence-corrected chi connectivity index (χ1v) is 7.24. The van der Waals surface area contributed by atoms with Crippen molar-refractivity contribution in [1.29, 1.82) is 0 Å². The highest BCUT2D eigenvalue weighted by molar-refractivity contribution is 5.71. The minimum absolute atomic E-state index is 0.0731. The SMILES string of the molecule is CC(C)(C)OC(=O)N[C@H](CC(=O)O)Cc1ccc(C(F)(F)F)cc1. The fourth-order valence-corrected chi connectivity index (χ4v) is 1.97. The number of alkyl halides is 3. The highest BCUT2D eigenvalue weighted by Crippen LogP contribution is 2.29. The van der Waals surface area contributed by atoms with E-state index in [9.17, 15) is 22.8 Å². The zero-order valence-corrected chi connectivity index (χ0v) is 13.6. The lowest BCUT2D eigenvalue weighted by atomic mass is 10.0. The fraction of sp³-hybridized carbons (Fsp3) is 0.500. The molecule has 8 heteroatoms. The Morgan fingerprint density at radius 1 is 1.17 bits per heavy atom. The van der Waals surface area contributed by atoms with Gasteiger partial charge in [0.05, 0.1) is 12.0 Å². The van der Waals surface area contributed by atoms with Gasteiger partial charge in [-0.3, -0.25) is 4.79 Å². The molecule has 134 valence electrons. The molecule has 0 unspecified atom stereocenters. The van der Waals surface area contributed by atoms with E-state index in [1.54, 1.807) is 20.8 Å². The van der Waals surface area contributed by atoms with Gasteiger partial charge >= 0.3 is 18.2 Å². The molecule has 0 aromatic heterocycles. The molecule has 0 radical (unpaired) electrons. The van der Waals surface area contributed by atoms with Crippen LogP contribution in [0.15, 0.2) is 24.3 Å². The van der Waals surface area contributed by atoms with Crippen LogP contribution in [0.2, 0.25) is 0 Å². The third kappa shape index (κ3) is 7.34. The summed E-state index contributed by atoms with van der Waals surface area (Å²) < 4.78 is 42.7. The van der Waals surface area contributed by atoms with E-state index in [2.05, 4.69) is 5.32 Å². The molecule has 2 N–H and O–H groups in total. The first kappa shape index (κ1) is 19.8. The lowest BCUT2D eigenvalue weighted by Crippen LogP contribution is -2.41. The Balaban J connectivity index is 2.79. The number of rotatable bonds is 5. The first-order chi connectivity index (χ1) is 10.9. The van der Waals surface area contributed by atoms with E-state index in [-0.39, 0.29) is 12.8 Å². The van der Waals surface area contributed by atoms with Crippen molar-refractivity contribution in [2.45, 2.75) is 51.4 Å². The minimum Gasteiger partial charge on any atom is -0.481 e. The average Bonchev–Trinajstić information content (AvgIpc) is 2.34. The lowest BCUT2D eigenvalue weighted by Gasteiger charge is -2.23. The van der Waals surface area contributed by atoms with Crippen LogP contribution < -0.4 is 5.32 Å². The number of carbonyl (C=O) groups excluding carboxylic acids is 1. The summed E-state index contributed by atoms with van der Waals surface area (Å²) in [6.45, 7) is 4.98. The summed E-state index contributed by atoms with van der Waals surface area (Å²) in [4.78, 5) is 22.7. The van der Waals surface area contributed by atoms with Crippen LogP contribution in [0, 0.1) is 0 Å². The Kier molecular flexibility index (Phi) is 6.22. The summed E-state index contributed by atoms with van der Waals surface area (Å²) in [6.07, 6.45) is -5.52. The highest BCUT2D eigenvalue weighted by Gasteiger charge is 2.30. The number of benzene rings is 1. The van der Waals surface area contributed by atoms with Gasteiger partial charge in [-0.05, 0) is 44.9 Å². The third-order valence-electron chi connectivity index (χ3n) is 2.91. The number of nitrogens with one attached hydrogen (secondary N) is 1. The number of hydrogen-bond acceptors (Lipinski definition) is 3. The molecule has 0 aliphatic carbocycles. The molecule has 0 aliphatic heterocycles. The van der Waals surface area contributed by atoms with E-state index in [0.29, 0.717) is 5.56 Å². The van der Waals surface area contributed by atoms with E-state index < -0.39 is 35.4 Å². The zero-order valence-electron chi connectivity index (χ0n) is 13.6. The van der Waals surface area contributed by atoms with Crippen molar-refractivity contribution < 1.29 is 32.6 Å². The highest BCUT2D eigenvalue weighted by atomic mass is 19.4. The lowest BCUT2D eigenvalue weighted by molar-refractivity contribution is -0.138. The van der Waals surface area contributed by atoms with Gasteiger partial charge in [-0.2, -0.15) is 13.2 Å². The Morgan fingerprint density at radius 3 is 2.12 bits per heavy atom. The molecule has 0 saturated carbocycles. The maximum atomic E-state index is 12.5. The van der Waals surface area contributed by atoms with Crippen LogP contribution in [-0.2, 0) is 22.1 Å². The molecular formula is C16H20F3NO4. The molecule has 5 nitrogen and oxygen atoms in total. The first-order valence-electron chi connectivity index (χ1n) is 7.24. The predicted octanol–water partition coefficient (Wildman–Crippen LogP) is 3.62. The zero-order chi connectivity index (χ0) is 18.5. The van der Waals surface area contributed by atoms with Gasteiger partial charge in [-0.1, -0.05) is 12.1 Å². The molecule has 0 spiro atoms. The van der Waals surface area contributed by atoms with Gasteiger partial charge in [0, 0.05) is 6.04 Å². The van der Waals surface area contributed by atoms with Crippen molar-refractivity contribution in [3.8, 4) is 0 Å². The van der Waals surface area contributed by atoms with Gasteiger partial charge in [-0.25, -0.2) is 4.79 Å². The third-order valence-corrected chi connectivity index (χ3v) is 2.91. The predicted molar refractivity (Wildman–Crippen MR) is 80.6 cm³/mol. The minimum atomic E-state index is -4.44. The van der Waals surface area contributed by atoms with Crippen molar-refractivity contribution in [1.82, 2.24) is 5.32 Å². The van der Waals surface area contributed by atoms with Crippen molar-refractivity contribution in [3.63, 3.8) is 0 Å². The molecule has 1 atom stereocenters. The van der Waals surface area contributed by atoms with Crippen LogP contribution in [-0.4, -0.2) is 28.8 Å². The number of ether oxygens (including phenoxy) is 1. The smallest absolute Gasteiger partial charge is 0.416 e. The van der Waals surface area contributed by atoms with E-state index >= 15 is 0 Å². The van der Waals surface area contributed by atoms with Crippen LogP contribution in [0.1, 0.15) is 38.3 Å². The van der Waals surface area contributed by atoms with Crippen LogP contribution in [0.25, 0.3) is 0 Å². The fourth-order valence-electron chi connectivity index (χ4n) is 1.97.